The van der Waals surface area contributed by atoms with E-state index in [1.807, 2.05) is 0 Å². The Bertz CT molecular complexity index is 669. The minimum Gasteiger partial charge on any atom is -0.482 e. The Morgan fingerprint density at radius 2 is 1.71 bits per heavy atom. The van der Waals surface area contributed by atoms with Crippen molar-refractivity contribution in [2.24, 2.45) is 0 Å². The maximum absolute atomic E-state index is 11.8. The van der Waals surface area contributed by atoms with Gasteiger partial charge in [-0.25, -0.2) is 0 Å². The van der Waals surface area contributed by atoms with Gasteiger partial charge in [-0.2, -0.15) is 0 Å². The average Bonchev–Trinajstić information content (AvgIpc) is 2.55. The van der Waals surface area contributed by atoms with Crippen LogP contribution in [0, 0.1) is 0 Å². The summed E-state index contributed by atoms with van der Waals surface area (Å²) in [5.41, 5.74) is 7.40. The number of hydrogen-bond donors (Lipinski definition) is 3. The van der Waals surface area contributed by atoms with Crippen molar-refractivity contribution in [1.29, 1.82) is 0 Å². The van der Waals surface area contributed by atoms with Gasteiger partial charge in [0.1, 0.15) is 5.75 Å². The Labute approximate surface area is 141 Å². The van der Waals surface area contributed by atoms with Gasteiger partial charge in [-0.05, 0) is 50.2 Å². The van der Waals surface area contributed by atoms with Crippen molar-refractivity contribution in [2.45, 2.75) is 13.8 Å². The molecular weight excluding hydrogens is 308 g/mol. The molecule has 0 aliphatic carbocycles. The van der Waals surface area contributed by atoms with Crippen LogP contribution in [0.4, 0.5) is 11.4 Å². The summed E-state index contributed by atoms with van der Waals surface area (Å²) >= 11 is 0. The third-order valence-corrected chi connectivity index (χ3v) is 2.85. The van der Waals surface area contributed by atoms with Gasteiger partial charge in [0.2, 0.25) is 0 Å². The lowest BCUT2D eigenvalue weighted by molar-refractivity contribution is -0.118. The molecule has 0 fully saturated rings. The van der Waals surface area contributed by atoms with Crippen molar-refractivity contribution in [2.75, 3.05) is 24.3 Å². The van der Waals surface area contributed by atoms with Gasteiger partial charge >= 0.3 is 0 Å². The highest BCUT2D eigenvalue weighted by Gasteiger charge is 2.06. The first-order valence-corrected chi connectivity index (χ1v) is 7.47. The van der Waals surface area contributed by atoms with E-state index in [-0.39, 0.29) is 24.9 Å². The molecule has 0 aromatic heterocycles. The molecule has 0 saturated heterocycles. The minimum atomic E-state index is -0.297. The molecule has 6 nitrogen and oxygen atoms in total. The molecule has 0 unspecified atom stereocenters. The van der Waals surface area contributed by atoms with Gasteiger partial charge < -0.3 is 20.9 Å². The smallest absolute Gasteiger partial charge is 0.262 e. The molecule has 0 bridgehead atoms. The number of amides is 1. The molecule has 0 radical (unpaired) electrons. The van der Waals surface area contributed by atoms with Gasteiger partial charge in [0.25, 0.3) is 5.91 Å². The van der Waals surface area contributed by atoms with Crippen LogP contribution in [0.5, 0.6) is 5.75 Å². The van der Waals surface area contributed by atoms with Crippen LogP contribution >= 0.6 is 0 Å². The van der Waals surface area contributed by atoms with Crippen LogP contribution in [0.25, 0.3) is 0 Å². The maximum Gasteiger partial charge on any atom is 0.262 e. The number of rotatable bonds is 5. The van der Waals surface area contributed by atoms with Crippen LogP contribution in [-0.4, -0.2) is 30.0 Å². The minimum absolute atomic E-state index is 0.0178. The number of anilines is 2. The van der Waals surface area contributed by atoms with Crippen molar-refractivity contribution in [3.05, 3.63) is 54.1 Å². The molecule has 0 aliphatic rings. The van der Waals surface area contributed by atoms with E-state index < -0.39 is 0 Å². The highest BCUT2D eigenvalue weighted by Crippen LogP contribution is 2.19. The molecule has 2 aromatic carbocycles. The number of para-hydroxylation sites is 2. The molecule has 0 saturated carbocycles. The summed E-state index contributed by atoms with van der Waals surface area (Å²) in [4.78, 5) is 22.9. The Morgan fingerprint density at radius 3 is 2.25 bits per heavy atom. The summed E-state index contributed by atoms with van der Waals surface area (Å²) in [7, 11) is 0. The van der Waals surface area contributed by atoms with E-state index in [1.54, 1.807) is 55.5 Å². The quantitative estimate of drug-likeness (QED) is 0.577. The zero-order valence-electron chi connectivity index (χ0n) is 13.8. The van der Waals surface area contributed by atoms with Crippen LogP contribution in [0.3, 0.4) is 0 Å². The summed E-state index contributed by atoms with van der Waals surface area (Å²) in [5.74, 6) is 0.157. The number of carbonyl (C=O) groups is 2. The number of nitrogen functional groups attached to an aromatic ring is 1. The number of ether oxygens (including phenoxy) is 1. The molecule has 4 N–H and O–H groups in total. The van der Waals surface area contributed by atoms with Crippen LogP contribution in [-0.2, 0) is 4.79 Å². The Kier molecular flexibility index (Phi) is 8.01. The second kappa shape index (κ2) is 10.0. The second-order valence-corrected chi connectivity index (χ2v) is 4.82. The van der Waals surface area contributed by atoms with E-state index in [9.17, 15) is 9.59 Å². The van der Waals surface area contributed by atoms with E-state index in [1.165, 1.54) is 6.92 Å². The highest BCUT2D eigenvalue weighted by molar-refractivity contribution is 5.96. The van der Waals surface area contributed by atoms with Crippen LogP contribution in [0.15, 0.2) is 48.5 Å². The Hall–Kier alpha value is -2.86. The average molecular weight is 330 g/mol. The number of hydrogen-bond acceptors (Lipinski definition) is 5. The van der Waals surface area contributed by atoms with Gasteiger partial charge in [0.05, 0.1) is 5.69 Å². The van der Waals surface area contributed by atoms with Gasteiger partial charge in [0, 0.05) is 17.9 Å². The number of nitrogens with two attached hydrogens (primary N) is 1. The number of aliphatic hydroxyl groups excluding tert-OH is 1. The van der Waals surface area contributed by atoms with Gasteiger partial charge in [0.15, 0.2) is 12.4 Å². The Balaban J connectivity index is 0.000000891. The van der Waals surface area contributed by atoms with E-state index in [4.69, 9.17) is 15.6 Å². The fourth-order valence-electron chi connectivity index (χ4n) is 1.74. The normalized spacial score (nSPS) is 9.46. The highest BCUT2D eigenvalue weighted by atomic mass is 16.5. The predicted molar refractivity (Wildman–Crippen MR) is 94.2 cm³/mol. The van der Waals surface area contributed by atoms with Crippen LogP contribution < -0.4 is 15.8 Å². The lowest BCUT2D eigenvalue weighted by Crippen LogP contribution is -2.20. The molecular formula is C18H22N2O4. The molecule has 0 spiro atoms. The number of aliphatic hydroxyl groups is 1. The van der Waals surface area contributed by atoms with E-state index >= 15 is 0 Å². The van der Waals surface area contributed by atoms with E-state index in [0.717, 1.165) is 0 Å². The van der Waals surface area contributed by atoms with Gasteiger partial charge in [-0.1, -0.05) is 12.1 Å². The Morgan fingerprint density at radius 1 is 1.12 bits per heavy atom. The fraction of sp³-hybridized carbons (Fsp3) is 0.222. The van der Waals surface area contributed by atoms with Crippen molar-refractivity contribution in [1.82, 2.24) is 0 Å². The predicted octanol–water partition coefficient (Wildman–Crippen LogP) is 2.49. The third-order valence-electron chi connectivity index (χ3n) is 2.85. The topological polar surface area (TPSA) is 102 Å². The number of nitrogens with one attached hydrogen (secondary N) is 1. The number of carbonyl (C=O) groups excluding carboxylic acids is 2. The standard InChI is InChI=1S/C16H16N2O3.C2H6O/c1-11(19)12-6-8-13(9-7-12)18-16(20)10-21-15-5-3-2-4-14(15)17;1-2-3/h2-9H,10,17H2,1H3,(H,18,20);3H,2H2,1H3. The summed E-state index contributed by atoms with van der Waals surface area (Å²) < 4.78 is 5.34. The zero-order chi connectivity index (χ0) is 17.9. The molecule has 0 aliphatic heterocycles. The summed E-state index contributed by atoms with van der Waals surface area (Å²) in [6.07, 6.45) is 0. The monoisotopic (exact) mass is 330 g/mol. The number of ketones is 1. The molecule has 6 heteroatoms. The maximum atomic E-state index is 11.8. The van der Waals surface area contributed by atoms with Crippen molar-refractivity contribution < 1.29 is 19.4 Å². The molecule has 1 amide bonds. The lowest BCUT2D eigenvalue weighted by atomic mass is 10.1. The van der Waals surface area contributed by atoms with Crippen molar-refractivity contribution >= 4 is 23.1 Å². The first-order chi connectivity index (χ1) is 11.5. The molecule has 2 aromatic rings. The van der Waals surface area contributed by atoms with Crippen molar-refractivity contribution in [3.63, 3.8) is 0 Å². The van der Waals surface area contributed by atoms with Gasteiger partial charge in [-0.15, -0.1) is 0 Å². The summed E-state index contributed by atoms with van der Waals surface area (Å²) in [6, 6.07) is 13.6. The number of benzene rings is 2. The molecule has 128 valence electrons. The lowest BCUT2D eigenvalue weighted by Gasteiger charge is -2.09. The first kappa shape index (κ1) is 19.2. The summed E-state index contributed by atoms with van der Waals surface area (Å²) in [5, 5.41) is 10.3. The largest absolute Gasteiger partial charge is 0.482 e. The van der Waals surface area contributed by atoms with Gasteiger partial charge in [-0.3, -0.25) is 9.59 Å². The molecule has 0 atom stereocenters. The molecule has 2 rings (SSSR count). The second-order valence-electron chi connectivity index (χ2n) is 4.82. The van der Waals surface area contributed by atoms with E-state index in [0.29, 0.717) is 22.7 Å². The SMILES string of the molecule is CC(=O)c1ccc(NC(=O)COc2ccccc2N)cc1.CCO. The molecule has 0 heterocycles. The third kappa shape index (κ3) is 6.50. The van der Waals surface area contributed by atoms with Crippen molar-refractivity contribution in [3.8, 4) is 5.75 Å². The number of Topliss-reactive ketones (excluding diaryl/α,β-unsaturated/α-hetero) is 1. The zero-order valence-corrected chi connectivity index (χ0v) is 13.8. The van der Waals surface area contributed by atoms with Crippen LogP contribution in [0.1, 0.15) is 24.2 Å². The first-order valence-electron chi connectivity index (χ1n) is 7.47. The molecule has 24 heavy (non-hydrogen) atoms. The van der Waals surface area contributed by atoms with Crippen LogP contribution in [0.2, 0.25) is 0 Å². The van der Waals surface area contributed by atoms with E-state index in [2.05, 4.69) is 5.32 Å². The fourth-order valence-corrected chi connectivity index (χ4v) is 1.74. The summed E-state index contributed by atoms with van der Waals surface area (Å²) in [6.45, 7) is 3.29.